The minimum Gasteiger partial charge on any atom is -0.488 e. The van der Waals surface area contributed by atoms with Crippen LogP contribution < -0.4 is 15.5 Å². The molecule has 2 N–H and O–H groups in total. The van der Waals surface area contributed by atoms with Crippen LogP contribution in [0, 0.1) is 0 Å². The van der Waals surface area contributed by atoms with Crippen molar-refractivity contribution in [1.82, 2.24) is 5.43 Å². The summed E-state index contributed by atoms with van der Waals surface area (Å²) in [5.41, 5.74) is 4.43. The van der Waals surface area contributed by atoms with Crippen LogP contribution in [-0.2, 0) is 16.2 Å². The van der Waals surface area contributed by atoms with E-state index >= 15 is 0 Å². The van der Waals surface area contributed by atoms with Crippen LogP contribution in [0.5, 0.6) is 5.75 Å². The van der Waals surface area contributed by atoms with E-state index in [2.05, 4.69) is 15.8 Å². The van der Waals surface area contributed by atoms with Gasteiger partial charge in [0, 0.05) is 21.7 Å². The van der Waals surface area contributed by atoms with E-state index in [0.29, 0.717) is 28.6 Å². The number of nitrogens with one attached hydrogen (secondary N) is 2. The second-order valence-corrected chi connectivity index (χ2v) is 7.57. The Labute approximate surface area is 195 Å². The highest BCUT2D eigenvalue weighted by Crippen LogP contribution is 2.23. The maximum Gasteiger partial charge on any atom is 0.329 e. The Morgan fingerprint density at radius 2 is 1.58 bits per heavy atom. The van der Waals surface area contributed by atoms with E-state index in [1.165, 1.54) is 6.21 Å². The van der Waals surface area contributed by atoms with E-state index in [1.54, 1.807) is 30.3 Å². The smallest absolute Gasteiger partial charge is 0.329 e. The van der Waals surface area contributed by atoms with Gasteiger partial charge in [0.15, 0.2) is 0 Å². The third-order valence-electron chi connectivity index (χ3n) is 4.84. The molecular formula is C26H20ClN3O3. The van der Waals surface area contributed by atoms with Crippen LogP contribution in [0.3, 0.4) is 0 Å². The maximum absolute atomic E-state index is 12.3. The average Bonchev–Trinajstić information content (AvgIpc) is 2.84. The fourth-order valence-corrected chi connectivity index (χ4v) is 3.31. The van der Waals surface area contributed by atoms with E-state index in [1.807, 2.05) is 60.7 Å². The Morgan fingerprint density at radius 3 is 2.42 bits per heavy atom. The lowest BCUT2D eigenvalue weighted by Crippen LogP contribution is -2.32. The molecule has 7 heteroatoms. The van der Waals surface area contributed by atoms with Gasteiger partial charge >= 0.3 is 11.8 Å². The number of carbonyl (C=O) groups excluding carboxylic acids is 2. The van der Waals surface area contributed by atoms with E-state index < -0.39 is 11.8 Å². The molecular weight excluding hydrogens is 438 g/mol. The van der Waals surface area contributed by atoms with Crippen LogP contribution in [0.15, 0.2) is 96.1 Å². The van der Waals surface area contributed by atoms with Crippen molar-refractivity contribution in [2.24, 2.45) is 5.10 Å². The highest BCUT2D eigenvalue weighted by atomic mass is 35.5. The topological polar surface area (TPSA) is 79.8 Å². The van der Waals surface area contributed by atoms with Crippen molar-refractivity contribution in [3.8, 4) is 5.75 Å². The average molecular weight is 458 g/mol. The number of carbonyl (C=O) groups is 2. The predicted molar refractivity (Wildman–Crippen MR) is 131 cm³/mol. The zero-order valence-electron chi connectivity index (χ0n) is 17.5. The number of rotatable bonds is 6. The molecule has 4 aromatic rings. The van der Waals surface area contributed by atoms with Crippen LogP contribution in [0.2, 0.25) is 5.02 Å². The van der Waals surface area contributed by atoms with Crippen LogP contribution in [0.4, 0.5) is 5.69 Å². The van der Waals surface area contributed by atoms with Crippen LogP contribution in [0.25, 0.3) is 10.8 Å². The number of ether oxygens (including phenoxy) is 1. The number of hydrogen-bond donors (Lipinski definition) is 2. The van der Waals surface area contributed by atoms with Crippen molar-refractivity contribution >= 4 is 46.1 Å². The second kappa shape index (κ2) is 10.4. The summed E-state index contributed by atoms with van der Waals surface area (Å²) < 4.78 is 5.86. The molecule has 4 aromatic carbocycles. The largest absolute Gasteiger partial charge is 0.488 e. The highest BCUT2D eigenvalue weighted by Gasteiger charge is 2.14. The number of hydrazone groups is 1. The molecule has 6 nitrogen and oxygen atoms in total. The zero-order chi connectivity index (χ0) is 23.0. The summed E-state index contributed by atoms with van der Waals surface area (Å²) in [5.74, 6) is -1.10. The molecule has 0 unspecified atom stereocenters. The van der Waals surface area contributed by atoms with E-state index in [0.717, 1.165) is 16.3 Å². The third kappa shape index (κ3) is 5.75. The molecule has 0 fully saturated rings. The third-order valence-corrected chi connectivity index (χ3v) is 5.09. The van der Waals surface area contributed by atoms with Crippen molar-refractivity contribution in [1.29, 1.82) is 0 Å². The molecule has 2 amide bonds. The molecule has 0 heterocycles. The standard InChI is InChI=1S/C26H20ClN3O3/c27-21-14-12-18(13-15-21)17-33-24-11-4-2-7-20(24)16-28-30-26(32)25(31)29-23-10-5-8-19-6-1-3-9-22(19)23/h1-16H,17H2,(H,29,31)(H,30,32)/b28-16-. The SMILES string of the molecule is O=C(N/N=C\c1ccccc1OCc1ccc(Cl)cc1)C(=O)Nc1cccc2ccccc12. The predicted octanol–water partition coefficient (Wildman–Crippen LogP) is 5.16. The normalized spacial score (nSPS) is 10.8. The molecule has 33 heavy (non-hydrogen) atoms. The maximum atomic E-state index is 12.3. The Hall–Kier alpha value is -4.16. The zero-order valence-corrected chi connectivity index (χ0v) is 18.3. The van der Waals surface area contributed by atoms with Crippen molar-refractivity contribution in [2.75, 3.05) is 5.32 Å². The van der Waals surface area contributed by atoms with E-state index in [9.17, 15) is 9.59 Å². The van der Waals surface area contributed by atoms with Gasteiger partial charge in [-0.25, -0.2) is 5.43 Å². The van der Waals surface area contributed by atoms with Gasteiger partial charge < -0.3 is 10.1 Å². The number of nitrogens with zero attached hydrogens (tertiary/aromatic N) is 1. The number of benzene rings is 4. The summed E-state index contributed by atoms with van der Waals surface area (Å²) in [6.07, 6.45) is 1.43. The summed E-state index contributed by atoms with van der Waals surface area (Å²) in [6, 6.07) is 27.7. The van der Waals surface area contributed by atoms with Gasteiger partial charge in [-0.1, -0.05) is 72.3 Å². The Morgan fingerprint density at radius 1 is 0.848 bits per heavy atom. The molecule has 0 saturated heterocycles. The van der Waals surface area contributed by atoms with Gasteiger partial charge in [-0.15, -0.1) is 0 Å². The number of fused-ring (bicyclic) bond motifs is 1. The molecule has 164 valence electrons. The molecule has 0 saturated carbocycles. The second-order valence-electron chi connectivity index (χ2n) is 7.13. The van der Waals surface area contributed by atoms with Crippen molar-refractivity contribution in [3.05, 3.63) is 107 Å². The first kappa shape index (κ1) is 22.0. The summed E-state index contributed by atoms with van der Waals surface area (Å²) in [5, 5.41) is 9.00. The lowest BCUT2D eigenvalue weighted by atomic mass is 10.1. The van der Waals surface area contributed by atoms with Crippen LogP contribution >= 0.6 is 11.6 Å². The summed E-state index contributed by atoms with van der Waals surface area (Å²) in [4.78, 5) is 24.5. The van der Waals surface area contributed by atoms with E-state index in [4.69, 9.17) is 16.3 Å². The first-order valence-corrected chi connectivity index (χ1v) is 10.6. The van der Waals surface area contributed by atoms with Gasteiger partial charge in [-0.05, 0) is 41.3 Å². The van der Waals surface area contributed by atoms with Gasteiger partial charge in [-0.3, -0.25) is 9.59 Å². The van der Waals surface area contributed by atoms with E-state index in [-0.39, 0.29) is 0 Å². The van der Waals surface area contributed by atoms with Crippen molar-refractivity contribution in [2.45, 2.75) is 6.61 Å². The summed E-state index contributed by atoms with van der Waals surface area (Å²) in [7, 11) is 0. The highest BCUT2D eigenvalue weighted by molar-refractivity contribution is 6.40. The fraction of sp³-hybridized carbons (Fsp3) is 0.0385. The fourth-order valence-electron chi connectivity index (χ4n) is 3.19. The molecule has 0 aliphatic heterocycles. The minimum atomic E-state index is -0.876. The quantitative estimate of drug-likeness (QED) is 0.238. The molecule has 0 aliphatic carbocycles. The number of para-hydroxylation sites is 1. The minimum absolute atomic E-state index is 0.349. The van der Waals surface area contributed by atoms with Gasteiger partial charge in [0.1, 0.15) is 12.4 Å². The number of halogens is 1. The van der Waals surface area contributed by atoms with Gasteiger partial charge in [0.05, 0.1) is 6.21 Å². The van der Waals surface area contributed by atoms with Crippen LogP contribution in [0.1, 0.15) is 11.1 Å². The van der Waals surface area contributed by atoms with Crippen molar-refractivity contribution in [3.63, 3.8) is 0 Å². The first-order valence-electron chi connectivity index (χ1n) is 10.2. The number of amides is 2. The lowest BCUT2D eigenvalue weighted by molar-refractivity contribution is -0.136. The van der Waals surface area contributed by atoms with Gasteiger partial charge in [0.2, 0.25) is 0 Å². The summed E-state index contributed by atoms with van der Waals surface area (Å²) in [6.45, 7) is 0.349. The molecule has 0 spiro atoms. The van der Waals surface area contributed by atoms with Crippen LogP contribution in [-0.4, -0.2) is 18.0 Å². The Balaban J connectivity index is 1.37. The number of anilines is 1. The van der Waals surface area contributed by atoms with Gasteiger partial charge in [-0.2, -0.15) is 5.10 Å². The monoisotopic (exact) mass is 457 g/mol. The lowest BCUT2D eigenvalue weighted by Gasteiger charge is -2.09. The molecule has 0 radical (unpaired) electrons. The number of hydrogen-bond acceptors (Lipinski definition) is 4. The molecule has 0 atom stereocenters. The first-order chi connectivity index (χ1) is 16.1. The van der Waals surface area contributed by atoms with Crippen molar-refractivity contribution < 1.29 is 14.3 Å². The van der Waals surface area contributed by atoms with Gasteiger partial charge in [0.25, 0.3) is 0 Å². The Bertz CT molecular complexity index is 1310. The molecule has 0 bridgehead atoms. The molecule has 4 rings (SSSR count). The summed E-state index contributed by atoms with van der Waals surface area (Å²) >= 11 is 5.91. The molecule has 0 aliphatic rings. The Kier molecular flexibility index (Phi) is 6.97. The molecule has 0 aromatic heterocycles.